The minimum atomic E-state index is -1.86. The molecule has 262 valence electrons. The van der Waals surface area contributed by atoms with Gasteiger partial charge >= 0.3 is 11.7 Å². The number of carbonyl (C=O) groups excluding carboxylic acids is 3. The van der Waals surface area contributed by atoms with E-state index in [4.69, 9.17) is 25.8 Å². The van der Waals surface area contributed by atoms with E-state index in [0.717, 1.165) is 23.8 Å². The van der Waals surface area contributed by atoms with Crippen LogP contribution in [0.25, 0.3) is 0 Å². The number of Topliss-reactive ketones (excluding diaryl/α,β-unsaturated/α-hetero) is 1. The number of rotatable bonds is 21. The molecule has 1 unspecified atom stereocenters. The molecule has 0 bridgehead atoms. The number of esters is 1. The number of benzene rings is 2. The molecule has 0 aliphatic rings. The van der Waals surface area contributed by atoms with Gasteiger partial charge in [0.1, 0.15) is 5.75 Å². The van der Waals surface area contributed by atoms with E-state index in [9.17, 15) is 24.3 Å². The first-order chi connectivity index (χ1) is 23.2. The van der Waals surface area contributed by atoms with Crippen molar-refractivity contribution in [1.82, 2.24) is 9.13 Å². The van der Waals surface area contributed by atoms with Crippen LogP contribution in [0.15, 0.2) is 47.3 Å². The maximum atomic E-state index is 13.9. The fourth-order valence-electron chi connectivity index (χ4n) is 5.38. The number of hydrogen-bond donors (Lipinski definition) is 2. The fourth-order valence-corrected chi connectivity index (χ4v) is 5.54. The van der Waals surface area contributed by atoms with Gasteiger partial charge in [-0.1, -0.05) is 76.3 Å². The Morgan fingerprint density at radius 3 is 2.06 bits per heavy atom. The van der Waals surface area contributed by atoms with Gasteiger partial charge in [0.2, 0.25) is 0 Å². The number of halogens is 1. The molecule has 1 amide bonds. The summed E-state index contributed by atoms with van der Waals surface area (Å²) in [6.45, 7) is 6.04. The number of carbonyl (C=O) groups is 3. The monoisotopic (exact) mass is 685 g/mol. The number of unbranched alkanes of at least 4 members (excludes halogenated alkanes) is 9. The summed E-state index contributed by atoms with van der Waals surface area (Å²) in [6, 6.07) is 8.36. The second-order valence-corrected chi connectivity index (χ2v) is 11.9. The summed E-state index contributed by atoms with van der Waals surface area (Å²) < 4.78 is 17.9. The lowest BCUT2D eigenvalue weighted by molar-refractivity contribution is -0.118. The van der Waals surface area contributed by atoms with E-state index in [1.807, 2.05) is 0 Å². The van der Waals surface area contributed by atoms with E-state index in [2.05, 4.69) is 12.2 Å². The predicted octanol–water partition coefficient (Wildman–Crippen LogP) is 7.58. The first-order valence-electron chi connectivity index (χ1n) is 16.8. The Kier molecular flexibility index (Phi) is 15.6. The molecular weight excluding hydrogens is 638 g/mol. The summed E-state index contributed by atoms with van der Waals surface area (Å²) >= 11 is 6.40. The predicted molar refractivity (Wildman–Crippen MR) is 186 cm³/mol. The molecule has 11 nitrogen and oxygen atoms in total. The zero-order valence-corrected chi connectivity index (χ0v) is 29.1. The smallest absolute Gasteiger partial charge is 0.338 e. The minimum Gasteiger partial charge on any atom is -0.497 e. The molecule has 48 heavy (non-hydrogen) atoms. The van der Waals surface area contributed by atoms with Crippen LogP contribution in [0.2, 0.25) is 5.02 Å². The minimum absolute atomic E-state index is 0.0232. The van der Waals surface area contributed by atoms with Crippen molar-refractivity contribution in [2.24, 2.45) is 0 Å². The molecule has 0 saturated heterocycles. The van der Waals surface area contributed by atoms with E-state index >= 15 is 0 Å². The number of hydrogen-bond acceptors (Lipinski definition) is 8. The fraction of sp³-hybridized carbons (Fsp3) is 0.500. The zero-order chi connectivity index (χ0) is 35.1. The largest absolute Gasteiger partial charge is 0.497 e. The molecule has 2 N–H and O–H groups in total. The van der Waals surface area contributed by atoms with E-state index in [-0.39, 0.29) is 47.5 Å². The quantitative estimate of drug-likeness (QED) is 0.0507. The zero-order valence-electron chi connectivity index (χ0n) is 28.4. The summed E-state index contributed by atoms with van der Waals surface area (Å²) in [5, 5.41) is 13.7. The lowest BCUT2D eigenvalue weighted by atomic mass is 10.0. The SMILES string of the molecule is CCCCCCCCCCCCOC(=O)c1ccc(Cl)c(NC(=O)C(C(=O)c2ccc(OC)cc2)n2c(O)c(OCC)n(CC)c2=O)c1. The van der Waals surface area contributed by atoms with E-state index in [0.29, 0.717) is 10.3 Å². The average molecular weight is 686 g/mol. The lowest BCUT2D eigenvalue weighted by Crippen LogP contribution is -2.38. The summed E-state index contributed by atoms with van der Waals surface area (Å²) in [7, 11) is 1.47. The van der Waals surface area contributed by atoms with Gasteiger partial charge < -0.3 is 24.6 Å². The molecule has 1 aromatic heterocycles. The average Bonchev–Trinajstić information content (AvgIpc) is 3.32. The summed E-state index contributed by atoms with van der Waals surface area (Å²) in [5.41, 5.74) is -0.568. The van der Waals surface area contributed by atoms with Crippen LogP contribution in [0.3, 0.4) is 0 Å². The number of nitrogens with one attached hydrogen (secondary N) is 1. The van der Waals surface area contributed by atoms with Crippen LogP contribution in [0.4, 0.5) is 5.69 Å². The first-order valence-corrected chi connectivity index (χ1v) is 17.2. The summed E-state index contributed by atoms with van der Waals surface area (Å²) in [5.74, 6) is -2.71. The van der Waals surface area contributed by atoms with Gasteiger partial charge in [-0.2, -0.15) is 0 Å². The maximum Gasteiger partial charge on any atom is 0.338 e. The molecule has 12 heteroatoms. The van der Waals surface area contributed by atoms with Gasteiger partial charge in [-0.3, -0.25) is 14.2 Å². The molecule has 0 saturated carbocycles. The third-order valence-corrected chi connectivity index (χ3v) is 8.35. The van der Waals surface area contributed by atoms with Crippen LogP contribution in [-0.4, -0.2) is 52.2 Å². The summed E-state index contributed by atoms with van der Waals surface area (Å²) in [6.07, 6.45) is 11.6. The van der Waals surface area contributed by atoms with Gasteiger partial charge in [-0.25, -0.2) is 14.2 Å². The van der Waals surface area contributed by atoms with Crippen molar-refractivity contribution >= 4 is 34.9 Å². The van der Waals surface area contributed by atoms with Crippen LogP contribution in [0.1, 0.15) is 112 Å². The van der Waals surface area contributed by atoms with Gasteiger partial charge in [0.15, 0.2) is 11.8 Å². The van der Waals surface area contributed by atoms with Crippen LogP contribution in [0.5, 0.6) is 17.5 Å². The Morgan fingerprint density at radius 1 is 0.875 bits per heavy atom. The van der Waals surface area contributed by atoms with Crippen molar-refractivity contribution in [3.8, 4) is 17.5 Å². The third kappa shape index (κ3) is 10.1. The molecular formula is C36H48ClN3O8. The number of aromatic hydroxyl groups is 1. The lowest BCUT2D eigenvalue weighted by Gasteiger charge is -2.18. The van der Waals surface area contributed by atoms with Crippen LogP contribution >= 0.6 is 11.6 Å². The highest BCUT2D eigenvalue weighted by Crippen LogP contribution is 2.31. The number of ketones is 1. The highest BCUT2D eigenvalue weighted by atomic mass is 35.5. The van der Waals surface area contributed by atoms with Gasteiger partial charge in [-0.05, 0) is 62.7 Å². The molecule has 1 heterocycles. The standard InChI is InChI=1S/C36H48ClN3O8/c1-5-8-9-10-11-12-13-14-15-16-23-48-35(44)26-19-22-28(37)29(24-26)38-32(42)30(31(41)25-17-20-27(46-4)21-18-25)40-33(43)34(47-7-3)39(6-2)36(40)45/h17-22,24,30,43H,5-16,23H2,1-4H3,(H,38,42). The molecule has 2 aromatic carbocycles. The van der Waals surface area contributed by atoms with Crippen LogP contribution in [0, 0.1) is 0 Å². The van der Waals surface area contributed by atoms with Gasteiger partial charge in [0.05, 0.1) is 36.6 Å². The van der Waals surface area contributed by atoms with Crippen LogP contribution in [-0.2, 0) is 16.1 Å². The third-order valence-electron chi connectivity index (χ3n) is 8.02. The van der Waals surface area contributed by atoms with E-state index in [1.54, 1.807) is 13.8 Å². The number of amides is 1. The van der Waals surface area contributed by atoms with Crippen molar-refractivity contribution in [3.63, 3.8) is 0 Å². The maximum absolute atomic E-state index is 13.9. The number of nitrogens with zero attached hydrogens (tertiary/aromatic N) is 2. The first kappa shape index (κ1) is 38.2. The number of imidazole rings is 1. The highest BCUT2D eigenvalue weighted by Gasteiger charge is 2.36. The van der Waals surface area contributed by atoms with Crippen LogP contribution < -0.4 is 20.5 Å². The second kappa shape index (κ2) is 19.5. The number of anilines is 1. The molecule has 0 radical (unpaired) electrons. The Balaban J connectivity index is 1.76. The number of aromatic nitrogens is 2. The second-order valence-electron chi connectivity index (χ2n) is 11.5. The van der Waals surface area contributed by atoms with Crippen molar-refractivity contribution in [3.05, 3.63) is 69.1 Å². The van der Waals surface area contributed by atoms with Crippen molar-refractivity contribution < 1.29 is 33.7 Å². The molecule has 3 aromatic rings. The Bertz CT molecular complexity index is 1560. The van der Waals surface area contributed by atoms with Crippen molar-refractivity contribution in [2.75, 3.05) is 25.6 Å². The Labute approximate surface area is 287 Å². The van der Waals surface area contributed by atoms with Gasteiger partial charge in [0, 0.05) is 12.1 Å². The van der Waals surface area contributed by atoms with E-state index in [1.165, 1.54) is 94.5 Å². The van der Waals surface area contributed by atoms with Crippen molar-refractivity contribution in [2.45, 2.75) is 97.6 Å². The van der Waals surface area contributed by atoms with Gasteiger partial charge in [-0.15, -0.1) is 0 Å². The van der Waals surface area contributed by atoms with Gasteiger partial charge in [0.25, 0.3) is 17.7 Å². The molecule has 0 aliphatic carbocycles. The van der Waals surface area contributed by atoms with E-state index < -0.39 is 35.3 Å². The Morgan fingerprint density at radius 2 is 1.48 bits per heavy atom. The summed E-state index contributed by atoms with van der Waals surface area (Å²) in [4.78, 5) is 54.0. The number of methoxy groups -OCH3 is 1. The highest BCUT2D eigenvalue weighted by molar-refractivity contribution is 6.34. The topological polar surface area (TPSA) is 138 Å². The molecule has 0 fully saturated rings. The molecule has 3 rings (SSSR count). The molecule has 0 spiro atoms. The Hall–Kier alpha value is -4.25. The van der Waals surface area contributed by atoms with Crippen molar-refractivity contribution in [1.29, 1.82) is 0 Å². The normalized spacial score (nSPS) is 11.6. The molecule has 1 atom stereocenters. The number of ether oxygens (including phenoxy) is 3. The molecule has 0 aliphatic heterocycles.